The van der Waals surface area contributed by atoms with Gasteiger partial charge in [0, 0.05) is 28.4 Å². The summed E-state index contributed by atoms with van der Waals surface area (Å²) in [5.41, 5.74) is 0.826. The summed E-state index contributed by atoms with van der Waals surface area (Å²) in [5.74, 6) is 0. The Labute approximate surface area is 113 Å². The van der Waals surface area contributed by atoms with Crippen LogP contribution in [0.3, 0.4) is 0 Å². The zero-order valence-corrected chi connectivity index (χ0v) is 13.4. The SMILES string of the molecule is COP(=O)(OC)c1ccc(C)cc1P(=O)(OC)OC. The molecule has 0 aliphatic heterocycles. The highest BCUT2D eigenvalue weighted by atomic mass is 31.2. The van der Waals surface area contributed by atoms with Crippen molar-refractivity contribution in [1.29, 1.82) is 0 Å². The van der Waals surface area contributed by atoms with E-state index >= 15 is 0 Å². The van der Waals surface area contributed by atoms with Crippen LogP contribution in [0.25, 0.3) is 0 Å². The van der Waals surface area contributed by atoms with Crippen LogP contribution in [0.15, 0.2) is 18.2 Å². The summed E-state index contributed by atoms with van der Waals surface area (Å²) >= 11 is 0. The standard InChI is InChI=1S/C11H18O6P2/c1-9-6-7-10(18(12,14-2)15-3)11(8-9)19(13,16-4)17-5/h6-8H,1-5H3. The van der Waals surface area contributed by atoms with Gasteiger partial charge in [0.25, 0.3) is 0 Å². The van der Waals surface area contributed by atoms with Crippen LogP contribution in [-0.2, 0) is 27.2 Å². The highest BCUT2D eigenvalue weighted by molar-refractivity contribution is 7.68. The minimum absolute atomic E-state index is 0.176. The minimum atomic E-state index is -3.55. The summed E-state index contributed by atoms with van der Waals surface area (Å²) in [6, 6.07) is 4.86. The maximum atomic E-state index is 12.5. The van der Waals surface area contributed by atoms with E-state index in [-0.39, 0.29) is 10.6 Å². The van der Waals surface area contributed by atoms with Gasteiger partial charge in [-0.15, -0.1) is 0 Å². The van der Waals surface area contributed by atoms with E-state index in [1.54, 1.807) is 18.2 Å². The van der Waals surface area contributed by atoms with Crippen molar-refractivity contribution < 1.29 is 27.2 Å². The van der Waals surface area contributed by atoms with Crippen LogP contribution in [0.2, 0.25) is 0 Å². The van der Waals surface area contributed by atoms with E-state index in [2.05, 4.69) is 0 Å². The largest absolute Gasteiger partial charge is 0.361 e. The van der Waals surface area contributed by atoms with Gasteiger partial charge in [-0.2, -0.15) is 0 Å². The number of hydrogen-bond acceptors (Lipinski definition) is 6. The van der Waals surface area contributed by atoms with E-state index in [9.17, 15) is 9.13 Å². The van der Waals surface area contributed by atoms with Crippen LogP contribution < -0.4 is 10.6 Å². The van der Waals surface area contributed by atoms with Crippen molar-refractivity contribution in [3.05, 3.63) is 23.8 Å². The van der Waals surface area contributed by atoms with Gasteiger partial charge < -0.3 is 18.1 Å². The molecule has 0 saturated carbocycles. The summed E-state index contributed by atoms with van der Waals surface area (Å²) < 4.78 is 44.8. The Morgan fingerprint density at radius 2 is 1.21 bits per heavy atom. The van der Waals surface area contributed by atoms with Gasteiger partial charge in [-0.25, -0.2) is 0 Å². The topological polar surface area (TPSA) is 71.1 Å². The molecule has 1 aromatic carbocycles. The number of rotatable bonds is 6. The Morgan fingerprint density at radius 1 is 0.789 bits per heavy atom. The lowest BCUT2D eigenvalue weighted by atomic mass is 10.2. The van der Waals surface area contributed by atoms with E-state index in [1.165, 1.54) is 28.4 Å². The summed E-state index contributed by atoms with van der Waals surface area (Å²) in [5, 5.41) is 0.361. The molecule has 0 heterocycles. The second-order valence-corrected chi connectivity index (χ2v) is 8.13. The molecular weight excluding hydrogens is 290 g/mol. The lowest BCUT2D eigenvalue weighted by molar-refractivity contribution is 0.283. The normalized spacial score (nSPS) is 12.7. The van der Waals surface area contributed by atoms with Gasteiger partial charge in [-0.05, 0) is 19.1 Å². The molecule has 0 aliphatic rings. The lowest BCUT2D eigenvalue weighted by Crippen LogP contribution is -2.27. The van der Waals surface area contributed by atoms with Gasteiger partial charge in [-0.1, -0.05) is 11.6 Å². The highest BCUT2D eigenvalue weighted by Crippen LogP contribution is 2.51. The summed E-state index contributed by atoms with van der Waals surface area (Å²) in [6.07, 6.45) is 0. The molecule has 0 spiro atoms. The molecule has 0 amide bonds. The molecule has 1 aromatic rings. The zero-order chi connectivity index (χ0) is 14.7. The van der Waals surface area contributed by atoms with Crippen LogP contribution in [0.1, 0.15) is 5.56 Å². The average Bonchev–Trinajstić information content (AvgIpc) is 2.45. The lowest BCUT2D eigenvalue weighted by Gasteiger charge is -2.21. The van der Waals surface area contributed by atoms with Crippen molar-refractivity contribution in [2.24, 2.45) is 0 Å². The van der Waals surface area contributed by atoms with Gasteiger partial charge in [0.2, 0.25) is 0 Å². The third-order valence-electron chi connectivity index (χ3n) is 2.68. The van der Waals surface area contributed by atoms with Crippen LogP contribution in [0.4, 0.5) is 0 Å². The molecule has 1 rings (SSSR count). The first-order valence-corrected chi connectivity index (χ1v) is 8.50. The van der Waals surface area contributed by atoms with Crippen molar-refractivity contribution in [2.75, 3.05) is 28.4 Å². The van der Waals surface area contributed by atoms with Crippen molar-refractivity contribution in [3.8, 4) is 0 Å². The molecule has 0 aromatic heterocycles. The second kappa shape index (κ2) is 6.31. The zero-order valence-electron chi connectivity index (χ0n) is 11.6. The van der Waals surface area contributed by atoms with Gasteiger partial charge in [-0.3, -0.25) is 9.13 Å². The fourth-order valence-electron chi connectivity index (χ4n) is 1.63. The Balaban J connectivity index is 3.60. The predicted octanol–water partition coefficient (Wildman–Crippen LogP) is 2.22. The molecular formula is C11H18O6P2. The molecule has 0 radical (unpaired) electrons. The molecule has 0 saturated heterocycles. The number of hydrogen-bond donors (Lipinski definition) is 0. The first kappa shape index (κ1) is 16.6. The summed E-state index contributed by atoms with van der Waals surface area (Å²) in [6.45, 7) is 1.81. The van der Waals surface area contributed by atoms with Gasteiger partial charge in [0.05, 0.1) is 10.6 Å². The Morgan fingerprint density at radius 3 is 1.63 bits per heavy atom. The summed E-state index contributed by atoms with van der Waals surface area (Å²) in [4.78, 5) is 0. The van der Waals surface area contributed by atoms with Crippen LogP contribution >= 0.6 is 15.2 Å². The molecule has 0 bridgehead atoms. The molecule has 8 heteroatoms. The fraction of sp³-hybridized carbons (Fsp3) is 0.455. The first-order valence-electron chi connectivity index (χ1n) is 5.41. The minimum Gasteiger partial charge on any atom is -0.309 e. The third-order valence-corrected chi connectivity index (χ3v) is 6.72. The van der Waals surface area contributed by atoms with Crippen molar-refractivity contribution in [2.45, 2.75) is 6.92 Å². The average molecular weight is 308 g/mol. The van der Waals surface area contributed by atoms with Crippen molar-refractivity contribution >= 4 is 25.8 Å². The van der Waals surface area contributed by atoms with Crippen molar-refractivity contribution in [3.63, 3.8) is 0 Å². The maximum absolute atomic E-state index is 12.5. The van der Waals surface area contributed by atoms with E-state index < -0.39 is 15.2 Å². The predicted molar refractivity (Wildman–Crippen MR) is 73.7 cm³/mol. The molecule has 0 aliphatic carbocycles. The van der Waals surface area contributed by atoms with E-state index in [1.807, 2.05) is 6.92 Å². The van der Waals surface area contributed by atoms with Crippen molar-refractivity contribution in [1.82, 2.24) is 0 Å². The number of benzene rings is 1. The van der Waals surface area contributed by atoms with Gasteiger partial charge in [0.15, 0.2) is 0 Å². The molecule has 19 heavy (non-hydrogen) atoms. The number of aryl methyl sites for hydroxylation is 1. The molecule has 108 valence electrons. The summed E-state index contributed by atoms with van der Waals surface area (Å²) in [7, 11) is -2.04. The molecule has 0 fully saturated rings. The van der Waals surface area contributed by atoms with E-state index in [4.69, 9.17) is 18.1 Å². The van der Waals surface area contributed by atoms with E-state index in [0.717, 1.165) is 5.56 Å². The van der Waals surface area contributed by atoms with Gasteiger partial charge in [0.1, 0.15) is 0 Å². The second-order valence-electron chi connectivity index (χ2n) is 3.72. The monoisotopic (exact) mass is 308 g/mol. The Hall–Kier alpha value is -0.480. The maximum Gasteiger partial charge on any atom is 0.361 e. The molecule has 0 unspecified atom stereocenters. The highest BCUT2D eigenvalue weighted by Gasteiger charge is 2.36. The fourth-order valence-corrected chi connectivity index (χ4v) is 4.77. The smallest absolute Gasteiger partial charge is 0.309 e. The molecule has 6 nitrogen and oxygen atoms in total. The Kier molecular flexibility index (Phi) is 5.51. The quantitative estimate of drug-likeness (QED) is 0.750. The molecule has 0 atom stereocenters. The van der Waals surface area contributed by atoms with E-state index in [0.29, 0.717) is 0 Å². The Bertz CT molecular complexity index is 526. The molecule has 0 N–H and O–H groups in total. The van der Waals surface area contributed by atoms with Crippen LogP contribution in [0.5, 0.6) is 0 Å². The first-order chi connectivity index (χ1) is 8.86. The van der Waals surface area contributed by atoms with Gasteiger partial charge >= 0.3 is 15.2 Å². The third kappa shape index (κ3) is 3.16. The van der Waals surface area contributed by atoms with Crippen LogP contribution in [-0.4, -0.2) is 28.4 Å². The van der Waals surface area contributed by atoms with Crippen LogP contribution in [0, 0.1) is 6.92 Å².